The molecule has 1 aromatic carbocycles. The molecule has 0 saturated carbocycles. The van der Waals surface area contributed by atoms with E-state index in [4.69, 9.17) is 5.11 Å². The van der Waals surface area contributed by atoms with Crippen LogP contribution in [0.25, 0.3) is 0 Å². The lowest BCUT2D eigenvalue weighted by molar-refractivity contribution is -0.140. The summed E-state index contributed by atoms with van der Waals surface area (Å²) in [4.78, 5) is 10.9. The van der Waals surface area contributed by atoms with Crippen LogP contribution in [0.4, 0.5) is 0 Å². The highest BCUT2D eigenvalue weighted by Gasteiger charge is 2.39. The molecule has 0 amide bonds. The van der Waals surface area contributed by atoms with E-state index in [0.29, 0.717) is 6.42 Å². The van der Waals surface area contributed by atoms with Crippen LogP contribution in [0.5, 0.6) is 0 Å². The van der Waals surface area contributed by atoms with Crippen molar-refractivity contribution in [3.05, 3.63) is 24.3 Å². The Bertz CT molecular complexity index is 785. The van der Waals surface area contributed by atoms with E-state index in [0.717, 1.165) is 10.4 Å². The van der Waals surface area contributed by atoms with Gasteiger partial charge in [-0.25, -0.2) is 16.8 Å². The molecule has 0 bridgehead atoms. The zero-order chi connectivity index (χ0) is 16.5. The first-order chi connectivity index (χ1) is 10.2. The number of carboxylic acid groups (broad SMARTS) is 1. The predicted octanol–water partition coefficient (Wildman–Crippen LogP) is 0.718. The van der Waals surface area contributed by atoms with Crippen LogP contribution >= 0.6 is 0 Å². The number of aliphatic carboxylic acids is 1. The number of carbonyl (C=O) groups is 1. The predicted molar refractivity (Wildman–Crippen MR) is 78.7 cm³/mol. The van der Waals surface area contributed by atoms with E-state index in [1.54, 1.807) is 0 Å². The van der Waals surface area contributed by atoms with Gasteiger partial charge in [0.2, 0.25) is 10.0 Å². The fourth-order valence-electron chi connectivity index (χ4n) is 2.40. The second-order valence-electron chi connectivity index (χ2n) is 4.99. The Hall–Kier alpha value is -1.45. The fourth-order valence-corrected chi connectivity index (χ4v) is 5.10. The lowest BCUT2D eigenvalue weighted by Gasteiger charge is -2.21. The molecule has 122 valence electrons. The summed E-state index contributed by atoms with van der Waals surface area (Å²) in [6.45, 7) is 1.58. The van der Waals surface area contributed by atoms with E-state index in [-0.39, 0.29) is 28.5 Å². The van der Waals surface area contributed by atoms with Crippen LogP contribution in [0.15, 0.2) is 34.1 Å². The second-order valence-corrected chi connectivity index (χ2v) is 9.16. The molecule has 0 aliphatic carbocycles. The van der Waals surface area contributed by atoms with Gasteiger partial charge in [0.15, 0.2) is 9.84 Å². The topological polar surface area (TPSA) is 109 Å². The van der Waals surface area contributed by atoms with Gasteiger partial charge in [0.1, 0.15) is 6.04 Å². The monoisotopic (exact) mass is 347 g/mol. The van der Waals surface area contributed by atoms with Gasteiger partial charge in [-0.2, -0.15) is 4.31 Å². The van der Waals surface area contributed by atoms with Crippen LogP contribution in [-0.2, 0) is 24.7 Å². The van der Waals surface area contributed by atoms with Gasteiger partial charge in [-0.3, -0.25) is 4.79 Å². The van der Waals surface area contributed by atoms with Crippen molar-refractivity contribution >= 4 is 25.8 Å². The van der Waals surface area contributed by atoms with E-state index >= 15 is 0 Å². The Morgan fingerprint density at radius 1 is 1.27 bits per heavy atom. The van der Waals surface area contributed by atoms with Crippen LogP contribution < -0.4 is 0 Å². The molecule has 1 aromatic rings. The summed E-state index contributed by atoms with van der Waals surface area (Å²) in [6.07, 6.45) is 0.713. The molecule has 0 radical (unpaired) electrons. The highest BCUT2D eigenvalue weighted by molar-refractivity contribution is 7.91. The maximum atomic E-state index is 12.6. The van der Waals surface area contributed by atoms with Gasteiger partial charge < -0.3 is 5.11 Å². The quantitative estimate of drug-likeness (QED) is 0.840. The Labute approximate surface area is 129 Å². The Morgan fingerprint density at radius 2 is 1.91 bits per heavy atom. The van der Waals surface area contributed by atoms with Crippen molar-refractivity contribution in [2.75, 3.05) is 12.3 Å². The van der Waals surface area contributed by atoms with E-state index < -0.39 is 31.9 Å². The molecule has 1 aliphatic heterocycles. The summed E-state index contributed by atoms with van der Waals surface area (Å²) in [7, 11) is -7.57. The van der Waals surface area contributed by atoms with Gasteiger partial charge in [0.25, 0.3) is 0 Å². The van der Waals surface area contributed by atoms with Crippen LogP contribution in [0, 0.1) is 0 Å². The van der Waals surface area contributed by atoms with E-state index in [1.807, 2.05) is 0 Å². The molecule has 1 heterocycles. The van der Waals surface area contributed by atoms with Gasteiger partial charge in [-0.05, 0) is 31.0 Å². The average molecular weight is 347 g/mol. The van der Waals surface area contributed by atoms with Crippen LogP contribution in [0.2, 0.25) is 0 Å². The van der Waals surface area contributed by atoms with Crippen molar-refractivity contribution in [3.8, 4) is 0 Å². The van der Waals surface area contributed by atoms with Crippen LogP contribution in [0.3, 0.4) is 0 Å². The van der Waals surface area contributed by atoms with Crippen molar-refractivity contribution < 1.29 is 26.7 Å². The largest absolute Gasteiger partial charge is 0.480 e. The maximum Gasteiger partial charge on any atom is 0.322 e. The molecular formula is C13H17NO6S2. The molecule has 1 fully saturated rings. The maximum absolute atomic E-state index is 12.6. The molecule has 0 spiro atoms. The van der Waals surface area contributed by atoms with E-state index in [2.05, 4.69) is 0 Å². The second kappa shape index (κ2) is 5.98. The first-order valence-electron chi connectivity index (χ1n) is 6.77. The number of rotatable bonds is 5. The number of sulfone groups is 1. The molecule has 1 atom stereocenters. The normalized spacial score (nSPS) is 20.1. The SMILES string of the molecule is CCS(=O)(=O)c1cccc(S(=O)(=O)N2CCCC2C(=O)O)c1. The van der Waals surface area contributed by atoms with E-state index in [1.165, 1.54) is 25.1 Å². The van der Waals surface area contributed by atoms with Crippen molar-refractivity contribution in [1.82, 2.24) is 4.31 Å². The Kier molecular flexibility index (Phi) is 4.59. The minimum atomic E-state index is -4.04. The highest BCUT2D eigenvalue weighted by atomic mass is 32.2. The van der Waals surface area contributed by atoms with Gasteiger partial charge in [0.05, 0.1) is 15.5 Å². The molecule has 7 nitrogen and oxygen atoms in total. The summed E-state index contributed by atoms with van der Waals surface area (Å²) >= 11 is 0. The molecule has 0 aromatic heterocycles. The number of nitrogens with zero attached hydrogens (tertiary/aromatic N) is 1. The number of hydrogen-bond donors (Lipinski definition) is 1. The van der Waals surface area contributed by atoms with Gasteiger partial charge in [0, 0.05) is 6.54 Å². The van der Waals surface area contributed by atoms with Gasteiger partial charge in [-0.15, -0.1) is 0 Å². The summed E-state index contributed by atoms with van der Waals surface area (Å²) in [5, 5.41) is 9.11. The molecule has 1 unspecified atom stereocenters. The lowest BCUT2D eigenvalue weighted by atomic mass is 10.2. The van der Waals surface area contributed by atoms with Crippen molar-refractivity contribution in [2.24, 2.45) is 0 Å². The molecule has 1 aliphatic rings. The number of carboxylic acids is 1. The van der Waals surface area contributed by atoms with Gasteiger partial charge in [-0.1, -0.05) is 13.0 Å². The summed E-state index contributed by atoms with van der Waals surface area (Å²) < 4.78 is 49.8. The van der Waals surface area contributed by atoms with Crippen molar-refractivity contribution in [3.63, 3.8) is 0 Å². The molecule has 1 N–H and O–H groups in total. The highest BCUT2D eigenvalue weighted by Crippen LogP contribution is 2.27. The zero-order valence-corrected chi connectivity index (χ0v) is 13.6. The lowest BCUT2D eigenvalue weighted by Crippen LogP contribution is -2.40. The van der Waals surface area contributed by atoms with Crippen LogP contribution in [0.1, 0.15) is 19.8 Å². The summed E-state index contributed by atoms with van der Waals surface area (Å²) in [6, 6.07) is 3.95. The molecule has 9 heteroatoms. The Balaban J connectivity index is 2.47. The first kappa shape index (κ1) is 16.9. The minimum Gasteiger partial charge on any atom is -0.480 e. The van der Waals surface area contributed by atoms with Crippen LogP contribution in [-0.4, -0.2) is 50.6 Å². The number of benzene rings is 1. The smallest absolute Gasteiger partial charge is 0.322 e. The van der Waals surface area contributed by atoms with Gasteiger partial charge >= 0.3 is 5.97 Å². The number of hydrogen-bond acceptors (Lipinski definition) is 5. The fraction of sp³-hybridized carbons (Fsp3) is 0.462. The first-order valence-corrected chi connectivity index (χ1v) is 9.87. The summed E-state index contributed by atoms with van der Waals surface area (Å²) in [5.41, 5.74) is 0. The third kappa shape index (κ3) is 3.01. The van der Waals surface area contributed by atoms with E-state index in [9.17, 15) is 21.6 Å². The van der Waals surface area contributed by atoms with Crippen molar-refractivity contribution in [2.45, 2.75) is 35.6 Å². The Morgan fingerprint density at radius 3 is 2.50 bits per heavy atom. The summed E-state index contributed by atoms with van der Waals surface area (Å²) in [5.74, 6) is -1.34. The molecule has 22 heavy (non-hydrogen) atoms. The zero-order valence-electron chi connectivity index (χ0n) is 12.0. The standard InChI is InChI=1S/C13H17NO6S2/c1-2-21(17,18)10-5-3-6-11(9-10)22(19,20)14-8-4-7-12(14)13(15)16/h3,5-6,9,12H,2,4,7-8H2,1H3,(H,15,16). The molecular weight excluding hydrogens is 330 g/mol. The third-order valence-electron chi connectivity index (χ3n) is 3.64. The number of sulfonamides is 1. The molecule has 1 saturated heterocycles. The van der Waals surface area contributed by atoms with Crippen molar-refractivity contribution in [1.29, 1.82) is 0 Å². The third-order valence-corrected chi connectivity index (χ3v) is 7.28. The average Bonchev–Trinajstić information content (AvgIpc) is 2.98. The molecule has 2 rings (SSSR count). The minimum absolute atomic E-state index is 0.0813.